The van der Waals surface area contributed by atoms with Gasteiger partial charge in [-0.25, -0.2) is 4.98 Å². The molecule has 2 fully saturated rings. The number of ether oxygens (including phenoxy) is 1. The van der Waals surface area contributed by atoms with E-state index in [2.05, 4.69) is 34.5 Å². The van der Waals surface area contributed by atoms with E-state index in [9.17, 15) is 0 Å². The zero-order valence-electron chi connectivity index (χ0n) is 15.1. The van der Waals surface area contributed by atoms with E-state index in [1.807, 2.05) is 25.4 Å². The first kappa shape index (κ1) is 17.1. The molecule has 2 saturated carbocycles. The molecule has 1 aromatic rings. The molecule has 0 aliphatic heterocycles. The van der Waals surface area contributed by atoms with Crippen LogP contribution in [0.3, 0.4) is 0 Å². The molecular weight excluding hydrogens is 300 g/mol. The van der Waals surface area contributed by atoms with Crippen LogP contribution in [-0.2, 0) is 6.54 Å². The highest BCUT2D eigenvalue weighted by Crippen LogP contribution is 2.29. The minimum atomic E-state index is 0.322. The Labute approximate surface area is 145 Å². The SMILES string of the molecule is CN=C(NCc1ccnc(OC2CCC(C)CC2)c1)NC1CC1C. The molecule has 24 heavy (non-hydrogen) atoms. The molecule has 0 amide bonds. The Morgan fingerprint density at radius 2 is 2.04 bits per heavy atom. The topological polar surface area (TPSA) is 58.5 Å². The molecule has 5 nitrogen and oxygen atoms in total. The summed E-state index contributed by atoms with van der Waals surface area (Å²) in [6.45, 7) is 5.30. The lowest BCUT2D eigenvalue weighted by Crippen LogP contribution is -2.38. The van der Waals surface area contributed by atoms with Crippen LogP contribution in [0.15, 0.2) is 23.3 Å². The van der Waals surface area contributed by atoms with Crippen molar-refractivity contribution in [1.29, 1.82) is 0 Å². The number of rotatable bonds is 5. The Morgan fingerprint density at radius 1 is 1.29 bits per heavy atom. The molecule has 2 aliphatic rings. The van der Waals surface area contributed by atoms with E-state index in [-0.39, 0.29) is 0 Å². The van der Waals surface area contributed by atoms with Gasteiger partial charge in [-0.2, -0.15) is 0 Å². The summed E-state index contributed by atoms with van der Waals surface area (Å²) in [7, 11) is 1.81. The molecule has 0 bridgehead atoms. The standard InChI is InChI=1S/C19H30N4O/c1-13-4-6-16(7-5-13)24-18-11-15(8-9-21-18)12-22-19(20-3)23-17-10-14(17)2/h8-9,11,13-14,16-17H,4-7,10,12H2,1-3H3,(H2,20,22,23). The van der Waals surface area contributed by atoms with Gasteiger partial charge in [-0.05, 0) is 55.6 Å². The van der Waals surface area contributed by atoms with Crippen molar-refractivity contribution in [2.24, 2.45) is 16.8 Å². The van der Waals surface area contributed by atoms with Gasteiger partial charge in [-0.3, -0.25) is 4.99 Å². The second-order valence-corrected chi connectivity index (χ2v) is 7.39. The minimum Gasteiger partial charge on any atom is -0.474 e. The van der Waals surface area contributed by atoms with Crippen LogP contribution in [0.25, 0.3) is 0 Å². The van der Waals surface area contributed by atoms with Crippen LogP contribution in [0.2, 0.25) is 0 Å². The van der Waals surface area contributed by atoms with Crippen molar-refractivity contribution in [3.63, 3.8) is 0 Å². The molecular formula is C19H30N4O. The second-order valence-electron chi connectivity index (χ2n) is 7.39. The molecule has 3 rings (SSSR count). The summed E-state index contributed by atoms with van der Waals surface area (Å²) in [6, 6.07) is 4.63. The summed E-state index contributed by atoms with van der Waals surface area (Å²) in [5.41, 5.74) is 1.16. The normalized spacial score (nSPS) is 29.9. The van der Waals surface area contributed by atoms with Gasteiger partial charge in [0.25, 0.3) is 0 Å². The quantitative estimate of drug-likeness (QED) is 0.643. The summed E-state index contributed by atoms with van der Waals surface area (Å²) < 4.78 is 6.08. The molecule has 0 saturated heterocycles. The van der Waals surface area contributed by atoms with Gasteiger partial charge in [-0.1, -0.05) is 13.8 Å². The Balaban J connectivity index is 1.49. The van der Waals surface area contributed by atoms with E-state index in [0.29, 0.717) is 12.1 Å². The zero-order valence-corrected chi connectivity index (χ0v) is 15.1. The molecule has 2 atom stereocenters. The summed E-state index contributed by atoms with van der Waals surface area (Å²) in [5.74, 6) is 3.20. The van der Waals surface area contributed by atoms with Crippen molar-refractivity contribution in [2.45, 2.75) is 64.6 Å². The third-order valence-corrected chi connectivity index (χ3v) is 5.16. The third-order valence-electron chi connectivity index (χ3n) is 5.16. The molecule has 5 heteroatoms. The average Bonchev–Trinajstić information content (AvgIpc) is 3.29. The first-order valence-electron chi connectivity index (χ1n) is 9.23. The summed E-state index contributed by atoms with van der Waals surface area (Å²) in [5, 5.41) is 6.81. The average molecular weight is 330 g/mol. The van der Waals surface area contributed by atoms with Gasteiger partial charge in [0.05, 0.1) is 0 Å². The van der Waals surface area contributed by atoms with Gasteiger partial charge in [0.1, 0.15) is 6.10 Å². The van der Waals surface area contributed by atoms with E-state index < -0.39 is 0 Å². The number of hydrogen-bond donors (Lipinski definition) is 2. The first-order valence-corrected chi connectivity index (χ1v) is 9.23. The van der Waals surface area contributed by atoms with Crippen molar-refractivity contribution < 1.29 is 4.74 Å². The van der Waals surface area contributed by atoms with Crippen LogP contribution >= 0.6 is 0 Å². The number of nitrogens with one attached hydrogen (secondary N) is 2. The van der Waals surface area contributed by atoms with Crippen LogP contribution in [0.1, 0.15) is 51.5 Å². The monoisotopic (exact) mass is 330 g/mol. The molecule has 1 heterocycles. The fraction of sp³-hybridized carbons (Fsp3) is 0.684. The number of guanidine groups is 1. The molecule has 0 radical (unpaired) electrons. The molecule has 132 valence electrons. The van der Waals surface area contributed by atoms with Crippen molar-refractivity contribution >= 4 is 5.96 Å². The van der Waals surface area contributed by atoms with Crippen molar-refractivity contribution in [3.05, 3.63) is 23.9 Å². The minimum absolute atomic E-state index is 0.322. The number of nitrogens with zero attached hydrogens (tertiary/aromatic N) is 2. The van der Waals surface area contributed by atoms with Crippen LogP contribution < -0.4 is 15.4 Å². The smallest absolute Gasteiger partial charge is 0.213 e. The molecule has 0 spiro atoms. The zero-order chi connectivity index (χ0) is 16.9. The molecule has 0 aromatic carbocycles. The molecule has 2 N–H and O–H groups in total. The van der Waals surface area contributed by atoms with Crippen LogP contribution in [-0.4, -0.2) is 30.1 Å². The van der Waals surface area contributed by atoms with E-state index in [4.69, 9.17) is 4.74 Å². The lowest BCUT2D eigenvalue weighted by Gasteiger charge is -2.26. The van der Waals surface area contributed by atoms with E-state index in [0.717, 1.165) is 48.6 Å². The predicted octanol–water partition coefficient (Wildman–Crippen LogP) is 3.11. The van der Waals surface area contributed by atoms with Gasteiger partial charge >= 0.3 is 0 Å². The van der Waals surface area contributed by atoms with Gasteiger partial charge in [0, 0.05) is 31.9 Å². The highest BCUT2D eigenvalue weighted by atomic mass is 16.5. The summed E-state index contributed by atoms with van der Waals surface area (Å²) in [6.07, 6.45) is 8.18. The third kappa shape index (κ3) is 4.86. The Hall–Kier alpha value is -1.78. The van der Waals surface area contributed by atoms with E-state index in [1.54, 1.807) is 0 Å². The highest BCUT2D eigenvalue weighted by Gasteiger charge is 2.33. The van der Waals surface area contributed by atoms with E-state index >= 15 is 0 Å². The Kier molecular flexibility index (Phi) is 5.59. The number of pyridine rings is 1. The lowest BCUT2D eigenvalue weighted by molar-refractivity contribution is 0.130. The lowest BCUT2D eigenvalue weighted by atomic mass is 9.89. The molecule has 2 unspecified atom stereocenters. The van der Waals surface area contributed by atoms with Crippen LogP contribution in [0.4, 0.5) is 0 Å². The van der Waals surface area contributed by atoms with Crippen molar-refractivity contribution in [1.82, 2.24) is 15.6 Å². The van der Waals surface area contributed by atoms with Crippen molar-refractivity contribution in [3.8, 4) is 5.88 Å². The number of aliphatic imine (C=N–C) groups is 1. The van der Waals surface area contributed by atoms with Gasteiger partial charge in [-0.15, -0.1) is 0 Å². The number of hydrogen-bond acceptors (Lipinski definition) is 3. The summed E-state index contributed by atoms with van der Waals surface area (Å²) >= 11 is 0. The largest absolute Gasteiger partial charge is 0.474 e. The van der Waals surface area contributed by atoms with Gasteiger partial charge in [0.2, 0.25) is 5.88 Å². The van der Waals surface area contributed by atoms with Crippen LogP contribution in [0, 0.1) is 11.8 Å². The number of aromatic nitrogens is 1. The van der Waals surface area contributed by atoms with Crippen molar-refractivity contribution in [2.75, 3.05) is 7.05 Å². The highest BCUT2D eigenvalue weighted by molar-refractivity contribution is 5.80. The Morgan fingerprint density at radius 3 is 2.71 bits per heavy atom. The maximum atomic E-state index is 6.08. The molecule has 2 aliphatic carbocycles. The maximum absolute atomic E-state index is 6.08. The second kappa shape index (κ2) is 7.86. The molecule has 1 aromatic heterocycles. The van der Waals surface area contributed by atoms with E-state index in [1.165, 1.54) is 19.3 Å². The summed E-state index contributed by atoms with van der Waals surface area (Å²) in [4.78, 5) is 8.66. The maximum Gasteiger partial charge on any atom is 0.213 e. The van der Waals surface area contributed by atoms with Gasteiger partial charge in [0.15, 0.2) is 5.96 Å². The predicted molar refractivity (Wildman–Crippen MR) is 97.2 cm³/mol. The van der Waals surface area contributed by atoms with Crippen LogP contribution in [0.5, 0.6) is 5.88 Å². The fourth-order valence-corrected chi connectivity index (χ4v) is 3.22. The Bertz CT molecular complexity index is 566. The van der Waals surface area contributed by atoms with Gasteiger partial charge < -0.3 is 15.4 Å². The fourth-order valence-electron chi connectivity index (χ4n) is 3.22. The first-order chi connectivity index (χ1) is 11.6.